The van der Waals surface area contributed by atoms with Crippen LogP contribution in [-0.2, 0) is 11.3 Å². The summed E-state index contributed by atoms with van der Waals surface area (Å²) < 4.78 is 42.1. The molecule has 0 bridgehead atoms. The standard InChI is InChI=1S/C24H27F2N7O2/c1-34-22-21-20(15-3-4-18-19(11-15)32(31-29-18)10-2-9-25)17(26)12-33(21)30-23(28-22)27-16-5-7-24(8-6-16)13-35-14-24/h3-4,11-12,16H,2,5-10,13-14H2,1H3,(H,27,30). The van der Waals surface area contributed by atoms with Crippen LogP contribution in [0, 0.1) is 11.2 Å². The number of hydrogen-bond donors (Lipinski definition) is 1. The SMILES string of the molecule is COc1nc(NC2CCC3(CC2)COC3)nn2cc(F)c(-c3ccc4nnn(CCCF)c4c3)c12. The molecule has 3 aromatic heterocycles. The first-order valence-electron chi connectivity index (χ1n) is 12.0. The lowest BCUT2D eigenvalue weighted by atomic mass is 9.71. The summed E-state index contributed by atoms with van der Waals surface area (Å²) >= 11 is 0. The minimum absolute atomic E-state index is 0.253. The van der Waals surface area contributed by atoms with Crippen LogP contribution in [-0.4, -0.2) is 62.6 Å². The molecule has 4 heterocycles. The maximum absolute atomic E-state index is 15.3. The van der Waals surface area contributed by atoms with Crippen LogP contribution < -0.4 is 10.1 Å². The molecule has 0 amide bonds. The molecule has 1 aliphatic heterocycles. The van der Waals surface area contributed by atoms with E-state index in [9.17, 15) is 4.39 Å². The highest BCUT2D eigenvalue weighted by Gasteiger charge is 2.41. The summed E-state index contributed by atoms with van der Waals surface area (Å²) in [6.45, 7) is 1.67. The lowest BCUT2D eigenvalue weighted by Gasteiger charge is -2.46. The van der Waals surface area contributed by atoms with Crippen molar-refractivity contribution in [3.05, 3.63) is 30.2 Å². The second-order valence-corrected chi connectivity index (χ2v) is 9.56. The van der Waals surface area contributed by atoms with E-state index in [1.165, 1.54) is 17.8 Å². The number of benzene rings is 1. The maximum atomic E-state index is 15.3. The Labute approximate surface area is 200 Å². The number of aromatic nitrogens is 6. The predicted octanol–water partition coefficient (Wildman–Crippen LogP) is 4.02. The number of hydrogen-bond acceptors (Lipinski definition) is 7. The topological polar surface area (TPSA) is 91.4 Å². The molecule has 6 rings (SSSR count). The van der Waals surface area contributed by atoms with Crippen LogP contribution in [0.1, 0.15) is 32.1 Å². The van der Waals surface area contributed by atoms with Crippen molar-refractivity contribution < 1.29 is 18.3 Å². The number of fused-ring (bicyclic) bond motifs is 2. The third kappa shape index (κ3) is 3.87. The summed E-state index contributed by atoms with van der Waals surface area (Å²) in [5, 5.41) is 16.2. The van der Waals surface area contributed by atoms with Gasteiger partial charge in [0.05, 0.1) is 44.3 Å². The fourth-order valence-corrected chi connectivity index (χ4v) is 5.23. The molecule has 9 nitrogen and oxygen atoms in total. The minimum Gasteiger partial charge on any atom is -0.479 e. The number of ether oxygens (including phenoxy) is 2. The number of rotatable bonds is 7. The van der Waals surface area contributed by atoms with Crippen LogP contribution in [0.15, 0.2) is 24.4 Å². The molecule has 1 saturated carbocycles. The highest BCUT2D eigenvalue weighted by Crippen LogP contribution is 2.43. The Morgan fingerprint density at radius 1 is 1.26 bits per heavy atom. The normalized spacial score (nSPS) is 17.8. The molecule has 1 aliphatic carbocycles. The van der Waals surface area contributed by atoms with Gasteiger partial charge < -0.3 is 14.8 Å². The molecule has 2 fully saturated rings. The van der Waals surface area contributed by atoms with Crippen molar-refractivity contribution in [1.29, 1.82) is 0 Å². The van der Waals surface area contributed by atoms with E-state index in [0.717, 1.165) is 38.9 Å². The largest absolute Gasteiger partial charge is 0.479 e. The molecule has 0 atom stereocenters. The van der Waals surface area contributed by atoms with Crippen LogP contribution in [0.5, 0.6) is 5.88 Å². The fraction of sp³-hybridized carbons (Fsp3) is 0.500. The number of nitrogens with zero attached hydrogens (tertiary/aromatic N) is 6. The third-order valence-corrected chi connectivity index (χ3v) is 7.25. The lowest BCUT2D eigenvalue weighted by Crippen LogP contribution is -2.47. The first-order valence-corrected chi connectivity index (χ1v) is 12.0. The van der Waals surface area contributed by atoms with Crippen molar-refractivity contribution in [2.24, 2.45) is 5.41 Å². The second kappa shape index (κ2) is 8.71. The summed E-state index contributed by atoms with van der Waals surface area (Å²) in [4.78, 5) is 4.57. The van der Waals surface area contributed by atoms with Gasteiger partial charge in [0, 0.05) is 18.0 Å². The van der Waals surface area contributed by atoms with Crippen molar-refractivity contribution in [1.82, 2.24) is 29.6 Å². The van der Waals surface area contributed by atoms with Gasteiger partial charge in [0.25, 0.3) is 0 Å². The zero-order valence-electron chi connectivity index (χ0n) is 19.5. The van der Waals surface area contributed by atoms with Gasteiger partial charge in [-0.3, -0.25) is 4.39 Å². The Kier molecular flexibility index (Phi) is 5.51. The van der Waals surface area contributed by atoms with E-state index in [1.807, 2.05) is 0 Å². The molecule has 1 N–H and O–H groups in total. The Hall–Kier alpha value is -3.34. The molecule has 184 valence electrons. The summed E-state index contributed by atoms with van der Waals surface area (Å²) in [5.74, 6) is 0.248. The molecule has 1 saturated heterocycles. The van der Waals surface area contributed by atoms with E-state index in [0.29, 0.717) is 52.0 Å². The first kappa shape index (κ1) is 22.1. The predicted molar refractivity (Wildman–Crippen MR) is 126 cm³/mol. The molecular weight excluding hydrogens is 456 g/mol. The van der Waals surface area contributed by atoms with Crippen LogP contribution >= 0.6 is 0 Å². The lowest BCUT2D eigenvalue weighted by molar-refractivity contribution is -0.131. The van der Waals surface area contributed by atoms with Crippen LogP contribution in [0.4, 0.5) is 14.7 Å². The Morgan fingerprint density at radius 3 is 2.80 bits per heavy atom. The van der Waals surface area contributed by atoms with Gasteiger partial charge in [0.15, 0.2) is 5.82 Å². The van der Waals surface area contributed by atoms with E-state index in [-0.39, 0.29) is 11.9 Å². The van der Waals surface area contributed by atoms with Gasteiger partial charge in [-0.25, -0.2) is 13.6 Å². The van der Waals surface area contributed by atoms with Crippen molar-refractivity contribution in [2.45, 2.75) is 44.7 Å². The van der Waals surface area contributed by atoms with Gasteiger partial charge in [0.1, 0.15) is 11.0 Å². The van der Waals surface area contributed by atoms with Gasteiger partial charge in [-0.1, -0.05) is 11.3 Å². The summed E-state index contributed by atoms with van der Waals surface area (Å²) in [6, 6.07) is 5.61. The fourth-order valence-electron chi connectivity index (χ4n) is 5.23. The van der Waals surface area contributed by atoms with Crippen molar-refractivity contribution in [3.8, 4) is 17.0 Å². The highest BCUT2D eigenvalue weighted by molar-refractivity contribution is 5.89. The molecule has 4 aromatic rings. The van der Waals surface area contributed by atoms with E-state index < -0.39 is 12.5 Å². The van der Waals surface area contributed by atoms with Gasteiger partial charge in [-0.2, -0.15) is 4.98 Å². The van der Waals surface area contributed by atoms with Crippen molar-refractivity contribution in [2.75, 3.05) is 32.3 Å². The molecule has 11 heteroatoms. The molecule has 0 radical (unpaired) electrons. The zero-order chi connectivity index (χ0) is 24.0. The van der Waals surface area contributed by atoms with E-state index in [2.05, 4.69) is 25.7 Å². The number of alkyl halides is 1. The first-order chi connectivity index (χ1) is 17.1. The number of anilines is 1. The smallest absolute Gasteiger partial charge is 0.244 e. The molecule has 35 heavy (non-hydrogen) atoms. The molecular formula is C24H27F2N7O2. The second-order valence-electron chi connectivity index (χ2n) is 9.56. The summed E-state index contributed by atoms with van der Waals surface area (Å²) in [5.41, 5.74) is 3.11. The van der Waals surface area contributed by atoms with E-state index in [1.54, 1.807) is 22.9 Å². The maximum Gasteiger partial charge on any atom is 0.244 e. The minimum atomic E-state index is -0.444. The van der Waals surface area contributed by atoms with Crippen LogP contribution in [0.25, 0.3) is 27.7 Å². The van der Waals surface area contributed by atoms with Gasteiger partial charge >= 0.3 is 0 Å². The monoisotopic (exact) mass is 483 g/mol. The highest BCUT2D eigenvalue weighted by atomic mass is 19.1. The average Bonchev–Trinajstić information content (AvgIpc) is 3.41. The molecule has 2 aliphatic rings. The van der Waals surface area contributed by atoms with Gasteiger partial charge in [0.2, 0.25) is 11.8 Å². The van der Waals surface area contributed by atoms with Crippen LogP contribution in [0.2, 0.25) is 0 Å². The molecule has 1 aromatic carbocycles. The zero-order valence-corrected chi connectivity index (χ0v) is 19.5. The Balaban J connectivity index is 1.33. The van der Waals surface area contributed by atoms with Gasteiger partial charge in [-0.15, -0.1) is 10.2 Å². The number of methoxy groups -OCH3 is 1. The quantitative estimate of drug-likeness (QED) is 0.425. The summed E-state index contributed by atoms with van der Waals surface area (Å²) in [7, 11) is 1.51. The van der Waals surface area contributed by atoms with Crippen molar-refractivity contribution in [3.63, 3.8) is 0 Å². The van der Waals surface area contributed by atoms with Crippen LogP contribution in [0.3, 0.4) is 0 Å². The molecule has 0 unspecified atom stereocenters. The summed E-state index contributed by atoms with van der Waals surface area (Å²) in [6.07, 6.45) is 5.94. The number of nitrogens with one attached hydrogen (secondary N) is 1. The Bertz CT molecular complexity index is 1370. The van der Waals surface area contributed by atoms with Crippen molar-refractivity contribution >= 4 is 22.5 Å². The molecule has 1 spiro atoms. The Morgan fingerprint density at radius 2 is 2.09 bits per heavy atom. The number of aryl methyl sites for hydroxylation is 1. The van der Waals surface area contributed by atoms with Gasteiger partial charge in [-0.05, 0) is 49.8 Å². The number of halogens is 2. The average molecular weight is 484 g/mol. The third-order valence-electron chi connectivity index (χ3n) is 7.25. The van der Waals surface area contributed by atoms with E-state index >= 15 is 4.39 Å². The van der Waals surface area contributed by atoms with E-state index in [4.69, 9.17) is 9.47 Å².